The topological polar surface area (TPSA) is 61.8 Å². The second-order valence-electron chi connectivity index (χ2n) is 10.2. The molecule has 192 valence electrons. The molecule has 0 aromatic heterocycles. The largest absolute Gasteiger partial charge is 0.377 e. The molecule has 0 bridgehead atoms. The molecule has 2 aliphatic rings. The van der Waals surface area contributed by atoms with Crippen molar-refractivity contribution in [1.29, 1.82) is 0 Å². The molecule has 2 aromatic carbocycles. The van der Waals surface area contributed by atoms with Crippen LogP contribution in [0, 0.1) is 16.2 Å². The predicted molar refractivity (Wildman–Crippen MR) is 143 cm³/mol. The van der Waals surface area contributed by atoms with Crippen molar-refractivity contribution < 1.29 is 23.8 Å². The molecule has 0 radical (unpaired) electrons. The summed E-state index contributed by atoms with van der Waals surface area (Å²) >= 11 is 3.63. The van der Waals surface area contributed by atoms with Gasteiger partial charge in [0.2, 0.25) is 0 Å². The Hall–Kier alpha value is -2.12. The van der Waals surface area contributed by atoms with Gasteiger partial charge < -0.3 is 14.2 Å². The van der Waals surface area contributed by atoms with E-state index < -0.39 is 16.2 Å². The van der Waals surface area contributed by atoms with Crippen LogP contribution in [-0.2, 0) is 37.0 Å². The third-order valence-corrected chi connectivity index (χ3v) is 8.84. The first-order valence-electron chi connectivity index (χ1n) is 12.5. The van der Waals surface area contributed by atoms with E-state index in [1.54, 1.807) is 6.08 Å². The lowest BCUT2D eigenvalue weighted by Crippen LogP contribution is -2.56. The monoisotopic (exact) mass is 554 g/mol. The lowest BCUT2D eigenvalue weighted by molar-refractivity contribution is -0.160. The molecule has 0 spiro atoms. The number of fused-ring (bicyclic) bond motifs is 1. The number of allylic oxidation sites excluding steroid dienone is 1. The van der Waals surface area contributed by atoms with Gasteiger partial charge >= 0.3 is 0 Å². The highest BCUT2D eigenvalue weighted by atomic mass is 79.9. The van der Waals surface area contributed by atoms with Crippen molar-refractivity contribution >= 4 is 27.5 Å². The normalized spacial score (nSPS) is 28.3. The number of halogens is 1. The van der Waals surface area contributed by atoms with Crippen molar-refractivity contribution in [2.45, 2.75) is 46.5 Å². The molecule has 1 unspecified atom stereocenters. The van der Waals surface area contributed by atoms with E-state index in [2.05, 4.69) is 22.9 Å². The van der Waals surface area contributed by atoms with Crippen LogP contribution in [0.15, 0.2) is 72.3 Å². The van der Waals surface area contributed by atoms with Crippen LogP contribution in [-0.4, -0.2) is 42.8 Å². The zero-order valence-electron chi connectivity index (χ0n) is 21.3. The second-order valence-corrected chi connectivity index (χ2v) is 10.9. The van der Waals surface area contributed by atoms with Crippen LogP contribution in [0.4, 0.5) is 0 Å². The summed E-state index contributed by atoms with van der Waals surface area (Å²) in [6, 6.07) is 19.9. The molecule has 0 N–H and O–H groups in total. The van der Waals surface area contributed by atoms with Crippen LogP contribution in [0.25, 0.3) is 0 Å². The SMILES string of the molecule is CCOC(CBr)[C@]12CC(=O)C=C1C(=O)[C@@](C)(COCc1ccccc1)[C@@]2(C)COCc1ccccc1. The summed E-state index contributed by atoms with van der Waals surface area (Å²) in [6.45, 7) is 7.81. The minimum absolute atomic E-state index is 0.0365. The van der Waals surface area contributed by atoms with Gasteiger partial charge in [-0.05, 0) is 31.1 Å². The number of hydrogen-bond donors (Lipinski definition) is 0. The Morgan fingerprint density at radius 1 is 0.889 bits per heavy atom. The summed E-state index contributed by atoms with van der Waals surface area (Å²) in [5.41, 5.74) is 0.216. The Balaban J connectivity index is 1.70. The second kappa shape index (κ2) is 11.1. The van der Waals surface area contributed by atoms with E-state index in [1.165, 1.54) is 0 Å². The van der Waals surface area contributed by atoms with Crippen LogP contribution < -0.4 is 0 Å². The van der Waals surface area contributed by atoms with Crippen LogP contribution in [0.3, 0.4) is 0 Å². The molecular weight excluding hydrogens is 520 g/mol. The molecule has 6 heteroatoms. The Morgan fingerprint density at radius 3 is 1.97 bits per heavy atom. The number of carbonyl (C=O) groups is 2. The molecule has 4 atom stereocenters. The van der Waals surface area contributed by atoms with Gasteiger partial charge in [-0.2, -0.15) is 0 Å². The number of alkyl halides is 1. The van der Waals surface area contributed by atoms with Crippen molar-refractivity contribution in [3.05, 3.63) is 83.4 Å². The van der Waals surface area contributed by atoms with Crippen molar-refractivity contribution in [3.8, 4) is 0 Å². The van der Waals surface area contributed by atoms with Gasteiger partial charge in [0.1, 0.15) is 0 Å². The summed E-state index contributed by atoms with van der Waals surface area (Å²) < 4.78 is 18.8. The average molecular weight is 556 g/mol. The number of Topliss-reactive ketones (excluding diaryl/α,β-unsaturated/α-hetero) is 1. The van der Waals surface area contributed by atoms with E-state index in [0.29, 0.717) is 37.3 Å². The lowest BCUT2D eigenvalue weighted by atomic mass is 9.55. The highest BCUT2D eigenvalue weighted by molar-refractivity contribution is 9.09. The van der Waals surface area contributed by atoms with Crippen molar-refractivity contribution in [3.63, 3.8) is 0 Å². The zero-order valence-corrected chi connectivity index (χ0v) is 22.9. The molecule has 0 amide bonds. The third kappa shape index (κ3) is 4.53. The fourth-order valence-corrected chi connectivity index (χ4v) is 6.82. The summed E-state index contributed by atoms with van der Waals surface area (Å²) in [5, 5.41) is 0.508. The smallest absolute Gasteiger partial charge is 0.168 e. The number of ether oxygens (including phenoxy) is 3. The Kier molecular flexibility index (Phi) is 8.30. The van der Waals surface area contributed by atoms with E-state index in [0.717, 1.165) is 11.1 Å². The molecule has 2 aliphatic carbocycles. The van der Waals surface area contributed by atoms with E-state index >= 15 is 0 Å². The van der Waals surface area contributed by atoms with Crippen molar-refractivity contribution in [2.75, 3.05) is 25.2 Å². The highest BCUT2D eigenvalue weighted by Crippen LogP contribution is 2.69. The first-order valence-corrected chi connectivity index (χ1v) is 13.7. The molecule has 0 saturated heterocycles. The third-order valence-electron chi connectivity index (χ3n) is 8.25. The van der Waals surface area contributed by atoms with Gasteiger partial charge in [-0.15, -0.1) is 0 Å². The van der Waals surface area contributed by atoms with Gasteiger partial charge in [0.05, 0.1) is 37.9 Å². The molecule has 5 nitrogen and oxygen atoms in total. The first kappa shape index (κ1) is 26.9. The zero-order chi connectivity index (χ0) is 25.8. The maximum absolute atomic E-state index is 14.1. The average Bonchev–Trinajstić information content (AvgIpc) is 3.30. The summed E-state index contributed by atoms with van der Waals surface area (Å²) in [4.78, 5) is 27.0. The van der Waals surface area contributed by atoms with E-state index in [-0.39, 0.29) is 30.7 Å². The number of rotatable bonds is 12. The maximum Gasteiger partial charge on any atom is 0.168 e. The number of hydrogen-bond acceptors (Lipinski definition) is 5. The fraction of sp³-hybridized carbons (Fsp3) is 0.467. The molecule has 2 aromatic rings. The van der Waals surface area contributed by atoms with E-state index in [1.807, 2.05) is 74.5 Å². The molecule has 0 aliphatic heterocycles. The van der Waals surface area contributed by atoms with E-state index in [4.69, 9.17) is 14.2 Å². The van der Waals surface area contributed by atoms with Gasteiger partial charge in [0, 0.05) is 34.8 Å². The molecule has 36 heavy (non-hydrogen) atoms. The summed E-state index contributed by atoms with van der Waals surface area (Å²) in [6.07, 6.45) is 1.42. The van der Waals surface area contributed by atoms with Gasteiger partial charge in [-0.1, -0.05) is 83.5 Å². The fourth-order valence-electron chi connectivity index (χ4n) is 6.08. The number of carbonyl (C=O) groups excluding carboxylic acids is 2. The number of benzene rings is 2. The lowest BCUT2D eigenvalue weighted by Gasteiger charge is -2.51. The Bertz CT molecular complexity index is 1100. The van der Waals surface area contributed by atoms with Crippen LogP contribution in [0.2, 0.25) is 0 Å². The Labute approximate surface area is 222 Å². The van der Waals surface area contributed by atoms with Crippen LogP contribution >= 0.6 is 15.9 Å². The molecule has 0 heterocycles. The van der Waals surface area contributed by atoms with Crippen LogP contribution in [0.5, 0.6) is 0 Å². The first-order chi connectivity index (χ1) is 17.3. The van der Waals surface area contributed by atoms with Crippen LogP contribution in [0.1, 0.15) is 38.3 Å². The quantitative estimate of drug-likeness (QED) is 0.315. The van der Waals surface area contributed by atoms with Gasteiger partial charge in [-0.25, -0.2) is 0 Å². The minimum atomic E-state index is -0.900. The van der Waals surface area contributed by atoms with Gasteiger partial charge in [0.25, 0.3) is 0 Å². The summed E-state index contributed by atoms with van der Waals surface area (Å²) in [7, 11) is 0. The van der Waals surface area contributed by atoms with Crippen molar-refractivity contribution in [2.24, 2.45) is 16.2 Å². The van der Waals surface area contributed by atoms with E-state index in [9.17, 15) is 9.59 Å². The van der Waals surface area contributed by atoms with Gasteiger partial charge in [-0.3, -0.25) is 9.59 Å². The number of ketones is 2. The standard InChI is InChI=1S/C30H35BrO5/c1-4-36-26(17-31)30-16-24(32)15-25(30)27(33)28(2,20-34-18-22-11-7-5-8-12-22)29(30,3)21-35-19-23-13-9-6-10-14-23/h5-15,26H,4,16-21H2,1-3H3/t26?,28-,29-,30+/m1/s1. The minimum Gasteiger partial charge on any atom is -0.377 e. The summed E-state index contributed by atoms with van der Waals surface area (Å²) in [5.74, 6) is -0.0802. The van der Waals surface area contributed by atoms with Gasteiger partial charge in [0.15, 0.2) is 11.6 Å². The predicted octanol–water partition coefficient (Wildman–Crippen LogP) is 5.70. The highest BCUT2D eigenvalue weighted by Gasteiger charge is 2.74. The molecule has 1 fully saturated rings. The van der Waals surface area contributed by atoms with Crippen molar-refractivity contribution in [1.82, 2.24) is 0 Å². The molecule has 1 saturated carbocycles. The maximum atomic E-state index is 14.1. The Morgan fingerprint density at radius 2 is 1.44 bits per heavy atom. The molecule has 4 rings (SSSR count). The molecular formula is C30H35BrO5.